The first-order chi connectivity index (χ1) is 7.65. The van der Waals surface area contributed by atoms with E-state index in [1.54, 1.807) is 0 Å². The fraction of sp³-hybridized carbons (Fsp3) is 0.571. The molecule has 1 unspecified atom stereocenters. The monoisotopic (exact) mass is 218 g/mol. The maximum Gasteiger partial charge on any atom is 0.0235 e. The highest BCUT2D eigenvalue weighted by Gasteiger charge is 2.17. The highest BCUT2D eigenvalue weighted by molar-refractivity contribution is 5.31. The molecular formula is C14H22N2. The molecule has 0 spiro atoms. The van der Waals surface area contributed by atoms with Crippen molar-refractivity contribution in [3.8, 4) is 0 Å². The largest absolute Gasteiger partial charge is 0.311 e. The molecule has 0 radical (unpaired) electrons. The molecule has 1 fully saturated rings. The van der Waals surface area contributed by atoms with Gasteiger partial charge in [-0.05, 0) is 38.4 Å². The van der Waals surface area contributed by atoms with Crippen molar-refractivity contribution in [3.05, 3.63) is 34.9 Å². The third-order valence-electron chi connectivity index (χ3n) is 3.43. The number of nitrogens with zero attached hydrogens (tertiary/aromatic N) is 1. The molecule has 0 aromatic heterocycles. The normalized spacial score (nSPS) is 22.3. The Morgan fingerprint density at radius 1 is 1.38 bits per heavy atom. The van der Waals surface area contributed by atoms with E-state index in [9.17, 15) is 0 Å². The van der Waals surface area contributed by atoms with Crippen LogP contribution >= 0.6 is 0 Å². The minimum atomic E-state index is 0.610. The summed E-state index contributed by atoms with van der Waals surface area (Å²) in [6.07, 6.45) is 1.15. The maximum absolute atomic E-state index is 3.60. The lowest BCUT2D eigenvalue weighted by Crippen LogP contribution is -2.50. The lowest BCUT2D eigenvalue weighted by Gasteiger charge is -2.31. The van der Waals surface area contributed by atoms with Gasteiger partial charge in [-0.2, -0.15) is 0 Å². The molecule has 2 rings (SSSR count). The molecule has 0 aliphatic carbocycles. The summed E-state index contributed by atoms with van der Waals surface area (Å²) < 4.78 is 0. The van der Waals surface area contributed by atoms with E-state index in [1.807, 2.05) is 0 Å². The Labute approximate surface area is 98.7 Å². The minimum Gasteiger partial charge on any atom is -0.311 e. The molecule has 1 saturated heterocycles. The molecule has 1 aromatic rings. The lowest BCUT2D eigenvalue weighted by atomic mass is 9.98. The third-order valence-corrected chi connectivity index (χ3v) is 3.43. The van der Waals surface area contributed by atoms with E-state index >= 15 is 0 Å². The highest BCUT2D eigenvalue weighted by atomic mass is 15.2. The molecule has 2 heteroatoms. The van der Waals surface area contributed by atoms with Gasteiger partial charge in [0.15, 0.2) is 0 Å². The second-order valence-corrected chi connectivity index (χ2v) is 5.05. The van der Waals surface area contributed by atoms with Gasteiger partial charge in [-0.1, -0.05) is 23.8 Å². The molecule has 0 saturated carbocycles. The number of likely N-dealkylation sites (N-methyl/N-ethyl adjacent to an activating group) is 1. The Kier molecular flexibility index (Phi) is 3.62. The molecule has 0 amide bonds. The highest BCUT2D eigenvalue weighted by Crippen LogP contribution is 2.14. The number of hydrogen-bond acceptors (Lipinski definition) is 2. The number of benzene rings is 1. The average molecular weight is 218 g/mol. The van der Waals surface area contributed by atoms with E-state index in [4.69, 9.17) is 0 Å². The van der Waals surface area contributed by atoms with E-state index in [0.29, 0.717) is 6.04 Å². The van der Waals surface area contributed by atoms with Gasteiger partial charge in [0.2, 0.25) is 0 Å². The van der Waals surface area contributed by atoms with Crippen LogP contribution in [0.3, 0.4) is 0 Å². The van der Waals surface area contributed by atoms with Crippen LogP contribution in [0.25, 0.3) is 0 Å². The van der Waals surface area contributed by atoms with E-state index in [2.05, 4.69) is 49.3 Å². The van der Waals surface area contributed by atoms with E-state index in [-0.39, 0.29) is 0 Å². The number of rotatable bonds is 2. The fourth-order valence-electron chi connectivity index (χ4n) is 2.41. The molecule has 88 valence electrons. The first-order valence-electron chi connectivity index (χ1n) is 6.13. The van der Waals surface area contributed by atoms with Crippen LogP contribution in [0, 0.1) is 13.8 Å². The van der Waals surface area contributed by atoms with Crippen LogP contribution in [0.5, 0.6) is 0 Å². The van der Waals surface area contributed by atoms with Crippen molar-refractivity contribution >= 4 is 0 Å². The van der Waals surface area contributed by atoms with E-state index < -0.39 is 0 Å². The Hall–Kier alpha value is -0.860. The zero-order valence-electron chi connectivity index (χ0n) is 10.6. The predicted octanol–water partition coefficient (Wildman–Crippen LogP) is 1.75. The molecule has 0 bridgehead atoms. The van der Waals surface area contributed by atoms with Gasteiger partial charge < -0.3 is 10.2 Å². The van der Waals surface area contributed by atoms with Crippen molar-refractivity contribution in [1.29, 1.82) is 0 Å². The van der Waals surface area contributed by atoms with Crippen molar-refractivity contribution in [3.63, 3.8) is 0 Å². The smallest absolute Gasteiger partial charge is 0.0235 e. The van der Waals surface area contributed by atoms with Crippen LogP contribution in [0.15, 0.2) is 18.2 Å². The molecule has 1 atom stereocenters. The van der Waals surface area contributed by atoms with Gasteiger partial charge in [0.25, 0.3) is 0 Å². The summed E-state index contributed by atoms with van der Waals surface area (Å²) in [6.45, 7) is 7.83. The SMILES string of the molecule is Cc1ccc(C)c(CC2CN(C)CCN2)c1. The van der Waals surface area contributed by atoms with Crippen LogP contribution in [0.4, 0.5) is 0 Å². The lowest BCUT2D eigenvalue weighted by molar-refractivity contribution is 0.238. The van der Waals surface area contributed by atoms with Crippen LogP contribution < -0.4 is 5.32 Å². The van der Waals surface area contributed by atoms with Crippen molar-refractivity contribution in [2.75, 3.05) is 26.7 Å². The van der Waals surface area contributed by atoms with Gasteiger partial charge in [0.1, 0.15) is 0 Å². The van der Waals surface area contributed by atoms with Gasteiger partial charge in [-0.25, -0.2) is 0 Å². The van der Waals surface area contributed by atoms with Gasteiger partial charge in [-0.15, -0.1) is 0 Å². The number of piperazine rings is 1. The second-order valence-electron chi connectivity index (χ2n) is 5.05. The Morgan fingerprint density at radius 3 is 2.94 bits per heavy atom. The zero-order valence-corrected chi connectivity index (χ0v) is 10.6. The Balaban J connectivity index is 2.05. The standard InChI is InChI=1S/C14H22N2/c1-11-4-5-12(2)13(8-11)9-14-10-16(3)7-6-15-14/h4-5,8,14-15H,6-7,9-10H2,1-3H3. The first-order valence-corrected chi connectivity index (χ1v) is 6.13. The number of nitrogens with one attached hydrogen (secondary N) is 1. The topological polar surface area (TPSA) is 15.3 Å². The van der Waals surface area contributed by atoms with Gasteiger partial charge in [0.05, 0.1) is 0 Å². The minimum absolute atomic E-state index is 0.610. The van der Waals surface area contributed by atoms with E-state index in [1.165, 1.54) is 23.2 Å². The van der Waals surface area contributed by atoms with Gasteiger partial charge in [-0.3, -0.25) is 0 Å². The molecule has 1 aliphatic heterocycles. The molecule has 1 N–H and O–H groups in total. The summed E-state index contributed by atoms with van der Waals surface area (Å²) in [7, 11) is 2.21. The molecule has 1 aromatic carbocycles. The van der Waals surface area contributed by atoms with Crippen molar-refractivity contribution < 1.29 is 0 Å². The van der Waals surface area contributed by atoms with Crippen LogP contribution in [0.2, 0.25) is 0 Å². The third kappa shape index (κ3) is 2.83. The summed E-state index contributed by atoms with van der Waals surface area (Å²) in [5, 5.41) is 3.60. The Bertz CT molecular complexity index is 360. The van der Waals surface area contributed by atoms with E-state index in [0.717, 1.165) is 19.5 Å². The summed E-state index contributed by atoms with van der Waals surface area (Å²) in [4.78, 5) is 2.41. The van der Waals surface area contributed by atoms with Gasteiger partial charge in [0, 0.05) is 25.7 Å². The molecule has 1 aliphatic rings. The number of aryl methyl sites for hydroxylation is 2. The van der Waals surface area contributed by atoms with Crippen molar-refractivity contribution in [2.45, 2.75) is 26.3 Å². The average Bonchev–Trinajstić information content (AvgIpc) is 2.24. The quantitative estimate of drug-likeness (QED) is 0.813. The van der Waals surface area contributed by atoms with Crippen molar-refractivity contribution in [1.82, 2.24) is 10.2 Å². The molecule has 2 nitrogen and oxygen atoms in total. The zero-order chi connectivity index (χ0) is 11.5. The summed E-state index contributed by atoms with van der Waals surface area (Å²) >= 11 is 0. The van der Waals surface area contributed by atoms with Crippen molar-refractivity contribution in [2.24, 2.45) is 0 Å². The van der Waals surface area contributed by atoms with Crippen LogP contribution in [-0.4, -0.2) is 37.6 Å². The second kappa shape index (κ2) is 4.98. The van der Waals surface area contributed by atoms with Gasteiger partial charge >= 0.3 is 0 Å². The predicted molar refractivity (Wildman–Crippen MR) is 68.9 cm³/mol. The molecular weight excluding hydrogens is 196 g/mol. The fourth-order valence-corrected chi connectivity index (χ4v) is 2.41. The first kappa shape index (κ1) is 11.6. The Morgan fingerprint density at radius 2 is 2.19 bits per heavy atom. The summed E-state index contributed by atoms with van der Waals surface area (Å²) in [5.41, 5.74) is 4.28. The number of hydrogen-bond donors (Lipinski definition) is 1. The molecule has 1 heterocycles. The van der Waals surface area contributed by atoms with Crippen LogP contribution in [-0.2, 0) is 6.42 Å². The summed E-state index contributed by atoms with van der Waals surface area (Å²) in [5.74, 6) is 0. The summed E-state index contributed by atoms with van der Waals surface area (Å²) in [6, 6.07) is 7.36. The maximum atomic E-state index is 3.60. The molecule has 16 heavy (non-hydrogen) atoms. The van der Waals surface area contributed by atoms with Crippen LogP contribution in [0.1, 0.15) is 16.7 Å².